The van der Waals surface area contributed by atoms with E-state index in [1.54, 1.807) is 32.2 Å². The predicted molar refractivity (Wildman–Crippen MR) is 102 cm³/mol. The molecule has 28 heavy (non-hydrogen) atoms. The third-order valence-corrected chi connectivity index (χ3v) is 4.70. The highest BCUT2D eigenvalue weighted by Gasteiger charge is 2.16. The summed E-state index contributed by atoms with van der Waals surface area (Å²) in [5.41, 5.74) is 1.58. The monoisotopic (exact) mass is 386 g/mol. The smallest absolute Gasteiger partial charge is 0.252 e. The number of benzene rings is 2. The van der Waals surface area contributed by atoms with Gasteiger partial charge in [-0.2, -0.15) is 0 Å². The highest BCUT2D eigenvalue weighted by Crippen LogP contribution is 2.26. The van der Waals surface area contributed by atoms with E-state index >= 15 is 0 Å². The fourth-order valence-electron chi connectivity index (χ4n) is 3.19. The molecule has 3 aromatic rings. The molecule has 0 aliphatic carbocycles. The van der Waals surface area contributed by atoms with Crippen molar-refractivity contribution < 1.29 is 18.3 Å². The van der Waals surface area contributed by atoms with Crippen LogP contribution in [0, 0.1) is 18.6 Å². The molecule has 0 saturated carbocycles. The van der Waals surface area contributed by atoms with Crippen LogP contribution in [0.1, 0.15) is 29.7 Å². The van der Waals surface area contributed by atoms with Gasteiger partial charge in [0.2, 0.25) is 5.91 Å². The number of carbonyl (C=O) groups is 1. The maximum absolute atomic E-state index is 13.9. The highest BCUT2D eigenvalue weighted by molar-refractivity contribution is 5.86. The molecule has 5 nitrogen and oxygen atoms in total. The number of hydrogen-bond donors (Lipinski definition) is 2. The molecule has 0 unspecified atom stereocenters. The Morgan fingerprint density at radius 1 is 1.21 bits per heavy atom. The molecule has 0 fully saturated rings. The third-order valence-electron chi connectivity index (χ3n) is 4.70. The van der Waals surface area contributed by atoms with E-state index in [4.69, 9.17) is 4.74 Å². The van der Waals surface area contributed by atoms with Gasteiger partial charge in [0.05, 0.1) is 19.6 Å². The van der Waals surface area contributed by atoms with Crippen molar-refractivity contribution in [3.05, 3.63) is 75.1 Å². The number of aromatic amines is 1. The number of rotatable bonds is 5. The van der Waals surface area contributed by atoms with E-state index in [1.165, 1.54) is 6.07 Å². The Hall–Kier alpha value is -3.22. The van der Waals surface area contributed by atoms with Gasteiger partial charge in [0.1, 0.15) is 17.4 Å². The molecule has 146 valence electrons. The van der Waals surface area contributed by atoms with Gasteiger partial charge in [-0.25, -0.2) is 8.78 Å². The summed E-state index contributed by atoms with van der Waals surface area (Å²) in [6.07, 6.45) is -0.172. The normalized spacial score (nSPS) is 12.0. The van der Waals surface area contributed by atoms with Gasteiger partial charge in [0, 0.05) is 33.7 Å². The number of methoxy groups -OCH3 is 1. The molecule has 2 N–H and O–H groups in total. The molecule has 1 heterocycles. The first-order valence-corrected chi connectivity index (χ1v) is 8.74. The maximum Gasteiger partial charge on any atom is 0.252 e. The van der Waals surface area contributed by atoms with Crippen LogP contribution >= 0.6 is 0 Å². The van der Waals surface area contributed by atoms with Crippen molar-refractivity contribution in [2.75, 3.05) is 7.11 Å². The minimum atomic E-state index is -0.737. The lowest BCUT2D eigenvalue weighted by atomic mass is 10.0. The van der Waals surface area contributed by atoms with E-state index in [9.17, 15) is 18.4 Å². The van der Waals surface area contributed by atoms with Crippen molar-refractivity contribution in [3.63, 3.8) is 0 Å². The Balaban J connectivity index is 1.83. The van der Waals surface area contributed by atoms with Crippen molar-refractivity contribution >= 4 is 16.8 Å². The van der Waals surface area contributed by atoms with Crippen LogP contribution in [0.2, 0.25) is 0 Å². The number of aryl methyl sites for hydroxylation is 1. The summed E-state index contributed by atoms with van der Waals surface area (Å²) in [5.74, 6) is -1.19. The van der Waals surface area contributed by atoms with Crippen molar-refractivity contribution in [2.45, 2.75) is 26.3 Å². The molecule has 3 rings (SSSR count). The zero-order valence-electron chi connectivity index (χ0n) is 15.7. The summed E-state index contributed by atoms with van der Waals surface area (Å²) in [4.78, 5) is 27.5. The molecule has 0 spiro atoms. The standard InChI is InChI=1S/C21H20F2N2O3/c1-11-16-8-13(21(27)25-18(16)6-7-19(11)28-3)9-20(26)24-12(2)15-5-4-14(22)10-17(15)23/h4-8,10,12H,9H2,1-3H3,(H,24,26)(H,25,27)/t12-/m0/s1. The minimum absolute atomic E-state index is 0.169. The second-order valence-corrected chi connectivity index (χ2v) is 6.61. The largest absolute Gasteiger partial charge is 0.496 e. The zero-order valence-corrected chi connectivity index (χ0v) is 15.7. The van der Waals surface area contributed by atoms with Crippen molar-refractivity contribution in [3.8, 4) is 5.75 Å². The Morgan fingerprint density at radius 3 is 2.64 bits per heavy atom. The van der Waals surface area contributed by atoms with Crippen LogP contribution in [0.3, 0.4) is 0 Å². The van der Waals surface area contributed by atoms with Crippen molar-refractivity contribution in [1.29, 1.82) is 0 Å². The van der Waals surface area contributed by atoms with Gasteiger partial charge in [-0.15, -0.1) is 0 Å². The predicted octanol–water partition coefficient (Wildman–Crippen LogP) is 3.54. The number of ether oxygens (including phenoxy) is 1. The topological polar surface area (TPSA) is 71.2 Å². The van der Waals surface area contributed by atoms with Crippen LogP contribution in [0.5, 0.6) is 5.75 Å². The molecule has 1 amide bonds. The van der Waals surface area contributed by atoms with Crippen LogP contribution in [0.25, 0.3) is 10.9 Å². The lowest BCUT2D eigenvalue weighted by molar-refractivity contribution is -0.121. The van der Waals surface area contributed by atoms with E-state index in [0.29, 0.717) is 11.3 Å². The number of hydrogen-bond acceptors (Lipinski definition) is 3. The van der Waals surface area contributed by atoms with Gasteiger partial charge < -0.3 is 15.0 Å². The molecular weight excluding hydrogens is 366 g/mol. The first kappa shape index (κ1) is 19.5. The van der Waals surface area contributed by atoms with E-state index < -0.39 is 23.6 Å². The van der Waals surface area contributed by atoms with Crippen LogP contribution in [-0.2, 0) is 11.2 Å². The van der Waals surface area contributed by atoms with Crippen molar-refractivity contribution in [1.82, 2.24) is 10.3 Å². The number of amides is 1. The van der Waals surface area contributed by atoms with Crippen LogP contribution < -0.4 is 15.6 Å². The zero-order chi connectivity index (χ0) is 20.4. The Morgan fingerprint density at radius 2 is 1.96 bits per heavy atom. The third kappa shape index (κ3) is 3.88. The highest BCUT2D eigenvalue weighted by atomic mass is 19.1. The number of aromatic nitrogens is 1. The molecule has 1 atom stereocenters. The number of halogens is 2. The molecule has 0 bridgehead atoms. The number of nitrogens with one attached hydrogen (secondary N) is 2. The lowest BCUT2D eigenvalue weighted by Crippen LogP contribution is -2.30. The molecule has 7 heteroatoms. The average Bonchev–Trinajstić information content (AvgIpc) is 2.63. The van der Waals surface area contributed by atoms with E-state index in [2.05, 4.69) is 10.3 Å². The second kappa shape index (κ2) is 7.80. The summed E-state index contributed by atoms with van der Waals surface area (Å²) < 4.78 is 32.2. The quantitative estimate of drug-likeness (QED) is 0.705. The molecular formula is C21H20F2N2O3. The molecule has 0 aliphatic rings. The first-order valence-electron chi connectivity index (χ1n) is 8.74. The van der Waals surface area contributed by atoms with Crippen molar-refractivity contribution in [2.24, 2.45) is 0 Å². The van der Waals surface area contributed by atoms with Gasteiger partial charge >= 0.3 is 0 Å². The second-order valence-electron chi connectivity index (χ2n) is 6.61. The summed E-state index contributed by atoms with van der Waals surface area (Å²) >= 11 is 0. The molecule has 1 aromatic heterocycles. The Kier molecular flexibility index (Phi) is 5.44. The van der Waals surface area contributed by atoms with Crippen LogP contribution in [0.15, 0.2) is 41.2 Å². The number of fused-ring (bicyclic) bond motifs is 1. The van der Waals surface area contributed by atoms with Gasteiger partial charge in [-0.3, -0.25) is 9.59 Å². The SMILES string of the molecule is COc1ccc2[nH]c(=O)c(CC(=O)N[C@@H](C)c3ccc(F)cc3F)cc2c1C. The van der Waals surface area contributed by atoms with Crippen LogP contribution in [-0.4, -0.2) is 18.0 Å². The van der Waals surface area contributed by atoms with E-state index in [-0.39, 0.29) is 23.1 Å². The van der Waals surface area contributed by atoms with E-state index in [0.717, 1.165) is 23.1 Å². The van der Waals surface area contributed by atoms with Gasteiger partial charge in [-0.05, 0) is 38.1 Å². The molecule has 0 saturated heterocycles. The molecule has 0 aliphatic heterocycles. The summed E-state index contributed by atoms with van der Waals surface area (Å²) in [6.45, 7) is 3.45. The van der Waals surface area contributed by atoms with Crippen LogP contribution in [0.4, 0.5) is 8.78 Å². The number of carbonyl (C=O) groups excluding carboxylic acids is 1. The lowest BCUT2D eigenvalue weighted by Gasteiger charge is -2.15. The maximum atomic E-state index is 13.9. The van der Waals surface area contributed by atoms with E-state index in [1.807, 2.05) is 6.92 Å². The Bertz CT molecular complexity index is 1110. The first-order chi connectivity index (χ1) is 13.3. The van der Waals surface area contributed by atoms with Gasteiger partial charge in [0.25, 0.3) is 5.56 Å². The fraction of sp³-hybridized carbons (Fsp3) is 0.238. The summed E-state index contributed by atoms with van der Waals surface area (Å²) in [7, 11) is 1.56. The minimum Gasteiger partial charge on any atom is -0.496 e. The fourth-order valence-corrected chi connectivity index (χ4v) is 3.19. The van der Waals surface area contributed by atoms with Gasteiger partial charge in [-0.1, -0.05) is 6.07 Å². The summed E-state index contributed by atoms with van der Waals surface area (Å²) in [6, 6.07) is 7.68. The molecule has 2 aromatic carbocycles. The van der Waals surface area contributed by atoms with Gasteiger partial charge in [0.15, 0.2) is 0 Å². The average molecular weight is 386 g/mol. The number of H-pyrrole nitrogens is 1. The molecule has 0 radical (unpaired) electrons. The summed E-state index contributed by atoms with van der Waals surface area (Å²) in [5, 5.41) is 3.42. The Labute approximate surface area is 160 Å². The number of pyridine rings is 1.